The average Bonchev–Trinajstić information content (AvgIpc) is 3.11. The number of benzene rings is 1. The first kappa shape index (κ1) is 24.1. The van der Waals surface area contributed by atoms with Gasteiger partial charge in [-0.05, 0) is 43.7 Å². The Morgan fingerprint density at radius 2 is 1.88 bits per heavy atom. The zero-order valence-corrected chi connectivity index (χ0v) is 20.1. The molecule has 2 N–H and O–H groups in total. The maximum atomic E-state index is 12.3. The van der Waals surface area contributed by atoms with Crippen molar-refractivity contribution in [2.75, 3.05) is 12.4 Å². The van der Waals surface area contributed by atoms with E-state index in [1.54, 1.807) is 4.57 Å². The second-order valence-corrected chi connectivity index (χ2v) is 9.41. The second-order valence-electron chi connectivity index (χ2n) is 8.47. The molecule has 1 aromatic heterocycles. The predicted octanol–water partition coefficient (Wildman–Crippen LogP) is 2.91. The van der Waals surface area contributed by atoms with Crippen LogP contribution in [0, 0.1) is 19.8 Å². The van der Waals surface area contributed by atoms with E-state index < -0.39 is 0 Å². The maximum absolute atomic E-state index is 12.3. The first-order valence-corrected chi connectivity index (χ1v) is 12.1. The van der Waals surface area contributed by atoms with Crippen LogP contribution in [0.3, 0.4) is 0 Å². The van der Waals surface area contributed by atoms with Crippen molar-refractivity contribution in [2.45, 2.75) is 64.2 Å². The smallest absolute Gasteiger partial charge is 0.258 e. The van der Waals surface area contributed by atoms with Gasteiger partial charge in [0.2, 0.25) is 5.91 Å². The van der Waals surface area contributed by atoms with E-state index in [-0.39, 0.29) is 31.0 Å². The summed E-state index contributed by atoms with van der Waals surface area (Å²) in [5.74, 6) is 1.98. The molecule has 32 heavy (non-hydrogen) atoms. The molecule has 174 valence electrons. The number of carbonyl (C=O) groups excluding carboxylic acids is 2. The quantitative estimate of drug-likeness (QED) is 0.560. The molecule has 2 atom stereocenters. The first-order valence-electron chi connectivity index (χ1n) is 11.1. The Kier molecular flexibility index (Phi) is 8.55. The van der Waals surface area contributed by atoms with E-state index in [9.17, 15) is 9.59 Å². The Morgan fingerprint density at radius 1 is 1.16 bits per heavy atom. The number of carbonyl (C=O) groups is 2. The molecule has 1 aliphatic carbocycles. The fourth-order valence-corrected chi connectivity index (χ4v) is 4.67. The van der Waals surface area contributed by atoms with Crippen molar-refractivity contribution in [3.05, 3.63) is 35.2 Å². The van der Waals surface area contributed by atoms with Gasteiger partial charge >= 0.3 is 0 Å². The van der Waals surface area contributed by atoms with E-state index in [1.807, 2.05) is 39.1 Å². The van der Waals surface area contributed by atoms with E-state index in [4.69, 9.17) is 4.74 Å². The van der Waals surface area contributed by atoms with Crippen LogP contribution in [0.2, 0.25) is 0 Å². The van der Waals surface area contributed by atoms with Crippen LogP contribution in [0.1, 0.15) is 49.6 Å². The SMILES string of the molecule is Cc1cccc(C)c1OCC(=O)NCc1nnc(SCC(=O)N[C@@H]2CCCC[C@@H]2C)n1C. The minimum absolute atomic E-state index is 0.0234. The molecule has 1 aliphatic rings. The largest absolute Gasteiger partial charge is 0.483 e. The topological polar surface area (TPSA) is 98.1 Å². The van der Waals surface area contributed by atoms with Gasteiger partial charge in [0.15, 0.2) is 17.6 Å². The van der Waals surface area contributed by atoms with Gasteiger partial charge in [-0.1, -0.05) is 49.7 Å². The average molecular weight is 460 g/mol. The van der Waals surface area contributed by atoms with Crippen molar-refractivity contribution in [3.63, 3.8) is 0 Å². The maximum Gasteiger partial charge on any atom is 0.258 e. The molecular formula is C23H33N5O3S. The molecule has 0 saturated heterocycles. The molecule has 0 bridgehead atoms. The van der Waals surface area contributed by atoms with Crippen LogP contribution < -0.4 is 15.4 Å². The van der Waals surface area contributed by atoms with Crippen molar-refractivity contribution in [1.82, 2.24) is 25.4 Å². The summed E-state index contributed by atoms with van der Waals surface area (Å²) in [6.07, 6.45) is 4.65. The summed E-state index contributed by atoms with van der Waals surface area (Å²) in [6, 6.07) is 6.14. The monoisotopic (exact) mass is 459 g/mol. The van der Waals surface area contributed by atoms with Gasteiger partial charge in [0.1, 0.15) is 5.75 Å². The molecule has 0 spiro atoms. The van der Waals surface area contributed by atoms with E-state index in [0.29, 0.717) is 22.7 Å². The lowest BCUT2D eigenvalue weighted by Gasteiger charge is -2.29. The van der Waals surface area contributed by atoms with Crippen molar-refractivity contribution >= 4 is 23.6 Å². The van der Waals surface area contributed by atoms with E-state index >= 15 is 0 Å². The summed E-state index contributed by atoms with van der Waals surface area (Å²) in [4.78, 5) is 24.5. The van der Waals surface area contributed by atoms with Gasteiger partial charge in [-0.3, -0.25) is 9.59 Å². The Labute approximate surface area is 193 Å². The number of amides is 2. The van der Waals surface area contributed by atoms with Crippen LogP contribution in [0.4, 0.5) is 0 Å². The lowest BCUT2D eigenvalue weighted by molar-refractivity contribution is -0.123. The number of thioether (sulfide) groups is 1. The summed E-state index contributed by atoms with van der Waals surface area (Å²) in [5.41, 5.74) is 1.99. The normalized spacial score (nSPS) is 18.2. The Morgan fingerprint density at radius 3 is 2.59 bits per heavy atom. The van der Waals surface area contributed by atoms with Crippen molar-refractivity contribution < 1.29 is 14.3 Å². The molecule has 0 aliphatic heterocycles. The highest BCUT2D eigenvalue weighted by atomic mass is 32.2. The van der Waals surface area contributed by atoms with Gasteiger partial charge < -0.3 is 19.9 Å². The van der Waals surface area contributed by atoms with Crippen molar-refractivity contribution in [2.24, 2.45) is 13.0 Å². The molecular weight excluding hydrogens is 426 g/mol. The number of hydrogen-bond acceptors (Lipinski definition) is 6. The van der Waals surface area contributed by atoms with Crippen LogP contribution in [0.5, 0.6) is 5.75 Å². The number of para-hydroxylation sites is 1. The molecule has 2 amide bonds. The molecule has 9 heteroatoms. The van der Waals surface area contributed by atoms with Gasteiger partial charge in [0.05, 0.1) is 12.3 Å². The van der Waals surface area contributed by atoms with Gasteiger partial charge in [0.25, 0.3) is 5.91 Å². The number of hydrogen-bond donors (Lipinski definition) is 2. The van der Waals surface area contributed by atoms with Gasteiger partial charge in [0, 0.05) is 13.1 Å². The van der Waals surface area contributed by atoms with Crippen LogP contribution in [-0.4, -0.2) is 45.0 Å². The summed E-state index contributed by atoms with van der Waals surface area (Å²) in [5, 5.41) is 14.9. The summed E-state index contributed by atoms with van der Waals surface area (Å²) in [6.45, 7) is 6.29. The zero-order chi connectivity index (χ0) is 23.1. The molecule has 1 fully saturated rings. The number of ether oxygens (including phenoxy) is 1. The molecule has 0 radical (unpaired) electrons. The predicted molar refractivity (Wildman–Crippen MR) is 125 cm³/mol. The van der Waals surface area contributed by atoms with Crippen molar-refractivity contribution in [1.29, 1.82) is 0 Å². The minimum atomic E-state index is -0.231. The number of nitrogens with zero attached hydrogens (tertiary/aromatic N) is 3. The Hall–Kier alpha value is -2.55. The third kappa shape index (κ3) is 6.48. The van der Waals surface area contributed by atoms with Crippen molar-refractivity contribution in [3.8, 4) is 5.75 Å². The number of rotatable bonds is 9. The van der Waals surface area contributed by atoms with Crippen LogP contribution in [-0.2, 0) is 23.2 Å². The van der Waals surface area contributed by atoms with Gasteiger partial charge in [-0.15, -0.1) is 10.2 Å². The highest BCUT2D eigenvalue weighted by Gasteiger charge is 2.23. The van der Waals surface area contributed by atoms with E-state index in [0.717, 1.165) is 23.3 Å². The number of aryl methyl sites for hydroxylation is 2. The second kappa shape index (κ2) is 11.4. The highest BCUT2D eigenvalue weighted by Crippen LogP contribution is 2.24. The van der Waals surface area contributed by atoms with E-state index in [1.165, 1.54) is 31.0 Å². The number of nitrogens with one attached hydrogen (secondary N) is 2. The highest BCUT2D eigenvalue weighted by molar-refractivity contribution is 7.99. The lowest BCUT2D eigenvalue weighted by atomic mass is 9.86. The summed E-state index contributed by atoms with van der Waals surface area (Å²) < 4.78 is 7.48. The zero-order valence-electron chi connectivity index (χ0n) is 19.3. The Balaban J connectivity index is 1.43. The molecule has 1 heterocycles. The fourth-order valence-electron chi connectivity index (χ4n) is 3.93. The first-order chi connectivity index (χ1) is 15.3. The molecule has 1 saturated carbocycles. The molecule has 0 unspecified atom stereocenters. The Bertz CT molecular complexity index is 925. The molecule has 2 aromatic rings. The third-order valence-electron chi connectivity index (χ3n) is 5.92. The molecule has 8 nitrogen and oxygen atoms in total. The standard InChI is InChI=1S/C23H33N5O3S/c1-15-8-5-6-11-18(15)25-21(30)14-32-23-27-26-19(28(23)4)12-24-20(29)13-31-22-16(2)9-7-10-17(22)3/h7,9-10,15,18H,5-6,8,11-14H2,1-4H3,(H,24,29)(H,25,30)/t15-,18+/m0/s1. The van der Waals surface area contributed by atoms with Crippen LogP contribution in [0.25, 0.3) is 0 Å². The summed E-state index contributed by atoms with van der Waals surface area (Å²) >= 11 is 1.35. The third-order valence-corrected chi connectivity index (χ3v) is 6.94. The molecule has 1 aromatic carbocycles. The fraction of sp³-hybridized carbons (Fsp3) is 0.565. The molecule has 3 rings (SSSR count). The van der Waals surface area contributed by atoms with Crippen LogP contribution >= 0.6 is 11.8 Å². The van der Waals surface area contributed by atoms with Gasteiger partial charge in [-0.25, -0.2) is 0 Å². The van der Waals surface area contributed by atoms with Gasteiger partial charge in [-0.2, -0.15) is 0 Å². The number of aromatic nitrogens is 3. The lowest BCUT2D eigenvalue weighted by Crippen LogP contribution is -2.41. The summed E-state index contributed by atoms with van der Waals surface area (Å²) in [7, 11) is 1.83. The van der Waals surface area contributed by atoms with E-state index in [2.05, 4.69) is 27.8 Å². The van der Waals surface area contributed by atoms with Crippen LogP contribution in [0.15, 0.2) is 23.4 Å². The minimum Gasteiger partial charge on any atom is -0.483 e.